The summed E-state index contributed by atoms with van der Waals surface area (Å²) in [6, 6.07) is 13.1. The molecule has 0 spiro atoms. The molecule has 1 atom stereocenters. The molecule has 1 heterocycles. The Morgan fingerprint density at radius 1 is 1.21 bits per heavy atom. The van der Waals surface area contributed by atoms with E-state index in [0.717, 1.165) is 28.8 Å². The molecule has 0 fully saturated rings. The van der Waals surface area contributed by atoms with Crippen LogP contribution in [0.5, 0.6) is 0 Å². The van der Waals surface area contributed by atoms with Crippen LogP contribution in [-0.2, 0) is 16.0 Å². The summed E-state index contributed by atoms with van der Waals surface area (Å²) in [5.74, 6) is 0.798. The lowest BCUT2D eigenvalue weighted by Gasteiger charge is -2.21. The standard InChI is InChI=1S/C22H25Cl2N3O2/c1-3-6-20(22(28)25-11-12-29-2)27-19-8-5-4-7-18(19)26-21(27)14-15-9-10-16(23)17(24)13-15/h4-5,7-10,13,20H,3,6,11-12,14H2,1-2H3,(H,25,28)/t20-/m0/s1. The molecule has 1 aromatic heterocycles. The second-order valence-corrected chi connectivity index (χ2v) is 7.71. The van der Waals surface area contributed by atoms with Crippen molar-refractivity contribution >= 4 is 40.1 Å². The highest BCUT2D eigenvalue weighted by Gasteiger charge is 2.25. The Bertz CT molecular complexity index is 987. The van der Waals surface area contributed by atoms with Gasteiger partial charge in [0.15, 0.2) is 0 Å². The fraction of sp³-hybridized carbons (Fsp3) is 0.364. The maximum atomic E-state index is 13.0. The number of imidazole rings is 1. The first-order chi connectivity index (χ1) is 14.0. The van der Waals surface area contributed by atoms with Gasteiger partial charge < -0.3 is 14.6 Å². The zero-order valence-electron chi connectivity index (χ0n) is 16.6. The van der Waals surface area contributed by atoms with Crippen molar-refractivity contribution in [2.24, 2.45) is 0 Å². The van der Waals surface area contributed by atoms with Crippen LogP contribution in [0.25, 0.3) is 11.0 Å². The summed E-state index contributed by atoms with van der Waals surface area (Å²) in [6.07, 6.45) is 2.14. The molecule has 2 aromatic carbocycles. The third-order valence-electron chi connectivity index (χ3n) is 4.80. The molecule has 1 N–H and O–H groups in total. The number of carbonyl (C=O) groups is 1. The molecule has 0 aliphatic heterocycles. The lowest BCUT2D eigenvalue weighted by atomic mass is 10.1. The van der Waals surface area contributed by atoms with Crippen molar-refractivity contribution in [2.45, 2.75) is 32.2 Å². The van der Waals surface area contributed by atoms with E-state index in [2.05, 4.69) is 16.8 Å². The predicted octanol–water partition coefficient (Wildman–Crippen LogP) is 5.04. The smallest absolute Gasteiger partial charge is 0.243 e. The molecule has 0 unspecified atom stereocenters. The van der Waals surface area contributed by atoms with E-state index in [4.69, 9.17) is 32.9 Å². The van der Waals surface area contributed by atoms with Crippen LogP contribution in [0.4, 0.5) is 0 Å². The Balaban J connectivity index is 2.02. The highest BCUT2D eigenvalue weighted by Crippen LogP contribution is 2.28. The Morgan fingerprint density at radius 2 is 2.00 bits per heavy atom. The summed E-state index contributed by atoms with van der Waals surface area (Å²) >= 11 is 12.3. The van der Waals surface area contributed by atoms with Gasteiger partial charge >= 0.3 is 0 Å². The Kier molecular flexibility index (Phi) is 7.53. The predicted molar refractivity (Wildman–Crippen MR) is 118 cm³/mol. The summed E-state index contributed by atoms with van der Waals surface area (Å²) in [7, 11) is 1.62. The average Bonchev–Trinajstić information content (AvgIpc) is 3.06. The number of aromatic nitrogens is 2. The molecule has 0 saturated heterocycles. The van der Waals surface area contributed by atoms with Gasteiger partial charge in [-0.25, -0.2) is 4.98 Å². The van der Waals surface area contributed by atoms with E-state index >= 15 is 0 Å². The first kappa shape index (κ1) is 21.6. The van der Waals surface area contributed by atoms with E-state index in [1.165, 1.54) is 0 Å². The molecule has 29 heavy (non-hydrogen) atoms. The van der Waals surface area contributed by atoms with Gasteiger partial charge in [-0.1, -0.05) is 54.7 Å². The molecule has 5 nitrogen and oxygen atoms in total. The highest BCUT2D eigenvalue weighted by atomic mass is 35.5. The van der Waals surface area contributed by atoms with Crippen LogP contribution >= 0.6 is 23.2 Å². The van der Waals surface area contributed by atoms with Crippen molar-refractivity contribution in [3.63, 3.8) is 0 Å². The minimum atomic E-state index is -0.345. The van der Waals surface area contributed by atoms with E-state index in [0.29, 0.717) is 36.0 Å². The second kappa shape index (κ2) is 10.1. The highest BCUT2D eigenvalue weighted by molar-refractivity contribution is 6.42. The molecule has 0 bridgehead atoms. The van der Waals surface area contributed by atoms with Crippen LogP contribution in [0, 0.1) is 0 Å². The molecule has 3 aromatic rings. The van der Waals surface area contributed by atoms with Gasteiger partial charge in [0.1, 0.15) is 11.9 Å². The number of nitrogens with zero attached hydrogens (tertiary/aromatic N) is 2. The number of para-hydroxylation sites is 2. The van der Waals surface area contributed by atoms with E-state index in [-0.39, 0.29) is 11.9 Å². The normalized spacial score (nSPS) is 12.3. The number of methoxy groups -OCH3 is 1. The van der Waals surface area contributed by atoms with Crippen molar-refractivity contribution in [3.8, 4) is 0 Å². The van der Waals surface area contributed by atoms with Crippen molar-refractivity contribution < 1.29 is 9.53 Å². The number of amides is 1. The molecule has 0 aliphatic rings. The number of carbonyl (C=O) groups excluding carboxylic acids is 1. The summed E-state index contributed by atoms with van der Waals surface area (Å²) in [5, 5.41) is 4.01. The minimum Gasteiger partial charge on any atom is -0.383 e. The van der Waals surface area contributed by atoms with Crippen molar-refractivity contribution in [1.29, 1.82) is 0 Å². The van der Waals surface area contributed by atoms with Crippen LogP contribution in [-0.4, -0.2) is 35.7 Å². The first-order valence-corrected chi connectivity index (χ1v) is 10.5. The molecule has 0 saturated carbocycles. The third-order valence-corrected chi connectivity index (χ3v) is 5.54. The van der Waals surface area contributed by atoms with E-state index in [1.807, 2.05) is 36.4 Å². The zero-order valence-corrected chi connectivity index (χ0v) is 18.1. The van der Waals surface area contributed by atoms with Gasteiger partial charge in [-0.2, -0.15) is 0 Å². The first-order valence-electron chi connectivity index (χ1n) is 9.71. The maximum absolute atomic E-state index is 13.0. The zero-order chi connectivity index (χ0) is 20.8. The summed E-state index contributed by atoms with van der Waals surface area (Å²) in [5.41, 5.74) is 2.81. The minimum absolute atomic E-state index is 0.0255. The van der Waals surface area contributed by atoms with Gasteiger partial charge in [-0.05, 0) is 36.2 Å². The fourth-order valence-electron chi connectivity index (χ4n) is 3.44. The van der Waals surface area contributed by atoms with Crippen LogP contribution in [0.1, 0.15) is 37.2 Å². The second-order valence-electron chi connectivity index (χ2n) is 6.90. The Morgan fingerprint density at radius 3 is 2.72 bits per heavy atom. The van der Waals surface area contributed by atoms with Gasteiger partial charge in [0.2, 0.25) is 5.91 Å². The monoisotopic (exact) mass is 433 g/mol. The number of ether oxygens (including phenoxy) is 1. The average molecular weight is 434 g/mol. The number of rotatable bonds is 9. The molecule has 0 aliphatic carbocycles. The van der Waals surface area contributed by atoms with Gasteiger partial charge in [-0.15, -0.1) is 0 Å². The SMILES string of the molecule is CCC[C@@H](C(=O)NCCOC)n1c(Cc2ccc(Cl)c(Cl)c2)nc2ccccc21. The van der Waals surface area contributed by atoms with Gasteiger partial charge in [0, 0.05) is 20.1 Å². The third kappa shape index (κ3) is 5.10. The van der Waals surface area contributed by atoms with Crippen LogP contribution in [0.3, 0.4) is 0 Å². The van der Waals surface area contributed by atoms with Crippen molar-refractivity contribution in [1.82, 2.24) is 14.9 Å². The largest absolute Gasteiger partial charge is 0.383 e. The van der Waals surface area contributed by atoms with Gasteiger partial charge in [-0.3, -0.25) is 4.79 Å². The maximum Gasteiger partial charge on any atom is 0.243 e. The number of halogens is 2. The summed E-state index contributed by atoms with van der Waals surface area (Å²) < 4.78 is 7.12. The van der Waals surface area contributed by atoms with E-state index < -0.39 is 0 Å². The van der Waals surface area contributed by atoms with Gasteiger partial charge in [0.05, 0.1) is 27.7 Å². The summed E-state index contributed by atoms with van der Waals surface area (Å²) in [6.45, 7) is 3.03. The van der Waals surface area contributed by atoms with E-state index in [1.54, 1.807) is 13.2 Å². The Hall–Kier alpha value is -2.08. The van der Waals surface area contributed by atoms with Gasteiger partial charge in [0.25, 0.3) is 0 Å². The van der Waals surface area contributed by atoms with Crippen molar-refractivity contribution in [3.05, 3.63) is 63.9 Å². The molecular formula is C22H25Cl2N3O2. The molecular weight excluding hydrogens is 409 g/mol. The summed E-state index contributed by atoms with van der Waals surface area (Å²) in [4.78, 5) is 17.8. The molecule has 154 valence electrons. The fourth-order valence-corrected chi connectivity index (χ4v) is 3.76. The Labute approximate surface area is 181 Å². The molecule has 3 rings (SSSR count). The van der Waals surface area contributed by atoms with Crippen LogP contribution < -0.4 is 5.32 Å². The number of hydrogen-bond donors (Lipinski definition) is 1. The molecule has 7 heteroatoms. The number of hydrogen-bond acceptors (Lipinski definition) is 3. The quantitative estimate of drug-likeness (QED) is 0.480. The van der Waals surface area contributed by atoms with Crippen LogP contribution in [0.2, 0.25) is 10.0 Å². The van der Waals surface area contributed by atoms with Crippen molar-refractivity contribution in [2.75, 3.05) is 20.3 Å². The van der Waals surface area contributed by atoms with E-state index in [9.17, 15) is 4.79 Å². The lowest BCUT2D eigenvalue weighted by molar-refractivity contribution is -0.124. The number of nitrogens with one attached hydrogen (secondary N) is 1. The molecule has 1 amide bonds. The number of fused-ring (bicyclic) bond motifs is 1. The lowest BCUT2D eigenvalue weighted by Crippen LogP contribution is -2.35. The van der Waals surface area contributed by atoms with Crippen LogP contribution in [0.15, 0.2) is 42.5 Å². The molecule has 0 radical (unpaired) electrons. The topological polar surface area (TPSA) is 56.1 Å². The number of benzene rings is 2.